The number of carbonyl (C=O) groups excluding carboxylic acids is 1. The van der Waals surface area contributed by atoms with Gasteiger partial charge in [-0.05, 0) is 44.7 Å². The quantitative estimate of drug-likeness (QED) is 0.747. The first-order chi connectivity index (χ1) is 10.0. The number of furan rings is 1. The maximum absolute atomic E-state index is 12.0. The number of aryl methyl sites for hydroxylation is 1. The Hall–Kier alpha value is -1.53. The van der Waals surface area contributed by atoms with Crippen LogP contribution < -0.4 is 0 Å². The molecular formula is C15H18N2O3S. The van der Waals surface area contributed by atoms with Crippen molar-refractivity contribution in [1.82, 2.24) is 4.90 Å². The molecule has 0 aromatic carbocycles. The lowest BCUT2D eigenvalue weighted by molar-refractivity contribution is -0.113. The van der Waals surface area contributed by atoms with Crippen molar-refractivity contribution in [3.05, 3.63) is 28.6 Å². The van der Waals surface area contributed by atoms with Gasteiger partial charge in [0, 0.05) is 19.2 Å². The molecule has 0 radical (unpaired) electrons. The topological polar surface area (TPSA) is 55.0 Å². The van der Waals surface area contributed by atoms with Gasteiger partial charge >= 0.3 is 0 Å². The number of carbonyl (C=O) groups is 1. The average molecular weight is 306 g/mol. The van der Waals surface area contributed by atoms with Crippen LogP contribution in [0.3, 0.4) is 0 Å². The minimum absolute atomic E-state index is 0.146. The van der Waals surface area contributed by atoms with Crippen molar-refractivity contribution in [3.63, 3.8) is 0 Å². The zero-order valence-electron chi connectivity index (χ0n) is 12.3. The van der Waals surface area contributed by atoms with Crippen molar-refractivity contribution in [1.29, 1.82) is 0 Å². The van der Waals surface area contributed by atoms with Crippen LogP contribution in [-0.4, -0.2) is 41.3 Å². The van der Waals surface area contributed by atoms with E-state index in [1.807, 2.05) is 32.9 Å². The number of hydrogen-bond acceptors (Lipinski definition) is 5. The van der Waals surface area contributed by atoms with Gasteiger partial charge in [0.15, 0.2) is 5.17 Å². The third-order valence-electron chi connectivity index (χ3n) is 3.33. The van der Waals surface area contributed by atoms with E-state index in [1.54, 1.807) is 6.08 Å². The molecule has 2 aliphatic heterocycles. The van der Waals surface area contributed by atoms with Crippen LogP contribution in [0, 0.1) is 6.92 Å². The van der Waals surface area contributed by atoms with Crippen molar-refractivity contribution >= 4 is 28.9 Å². The van der Waals surface area contributed by atoms with E-state index in [4.69, 9.17) is 9.15 Å². The molecule has 1 saturated heterocycles. The van der Waals surface area contributed by atoms with E-state index in [2.05, 4.69) is 9.89 Å². The molecule has 2 unspecified atom stereocenters. The number of amidine groups is 1. The Morgan fingerprint density at radius 1 is 1.33 bits per heavy atom. The Morgan fingerprint density at radius 2 is 2.05 bits per heavy atom. The average Bonchev–Trinajstić information content (AvgIpc) is 2.96. The van der Waals surface area contributed by atoms with E-state index in [1.165, 1.54) is 11.8 Å². The Labute approximate surface area is 128 Å². The van der Waals surface area contributed by atoms with Crippen LogP contribution >= 0.6 is 11.8 Å². The summed E-state index contributed by atoms with van der Waals surface area (Å²) < 4.78 is 11.2. The van der Waals surface area contributed by atoms with Crippen molar-refractivity contribution in [2.24, 2.45) is 4.99 Å². The van der Waals surface area contributed by atoms with Gasteiger partial charge < -0.3 is 14.1 Å². The van der Waals surface area contributed by atoms with Gasteiger partial charge in [0.2, 0.25) is 0 Å². The second-order valence-electron chi connectivity index (χ2n) is 5.42. The van der Waals surface area contributed by atoms with E-state index >= 15 is 0 Å². The summed E-state index contributed by atoms with van der Waals surface area (Å²) in [5.41, 5.74) is 0. The Morgan fingerprint density at radius 3 is 2.67 bits per heavy atom. The lowest BCUT2D eigenvalue weighted by atomic mass is 10.2. The molecule has 3 rings (SSSR count). The number of aliphatic imine (C=N–C) groups is 1. The number of rotatable bonds is 1. The van der Waals surface area contributed by atoms with E-state index < -0.39 is 0 Å². The van der Waals surface area contributed by atoms with Crippen LogP contribution in [-0.2, 0) is 9.53 Å². The van der Waals surface area contributed by atoms with Gasteiger partial charge in [0.1, 0.15) is 11.5 Å². The molecule has 112 valence electrons. The lowest BCUT2D eigenvalue weighted by Gasteiger charge is -2.35. The second-order valence-corrected chi connectivity index (χ2v) is 6.43. The molecule has 2 aliphatic rings. The summed E-state index contributed by atoms with van der Waals surface area (Å²) in [4.78, 5) is 18.9. The van der Waals surface area contributed by atoms with E-state index in [0.29, 0.717) is 10.7 Å². The van der Waals surface area contributed by atoms with Gasteiger partial charge in [-0.25, -0.2) is 0 Å². The zero-order valence-corrected chi connectivity index (χ0v) is 13.1. The van der Waals surface area contributed by atoms with E-state index in [9.17, 15) is 4.79 Å². The smallest absolute Gasteiger partial charge is 0.286 e. The first-order valence-electron chi connectivity index (χ1n) is 7.00. The summed E-state index contributed by atoms with van der Waals surface area (Å²) >= 11 is 1.41. The molecule has 0 aliphatic carbocycles. The van der Waals surface area contributed by atoms with Gasteiger partial charge in [0.25, 0.3) is 5.91 Å². The Bertz CT molecular complexity index is 610. The van der Waals surface area contributed by atoms with Crippen LogP contribution in [0.2, 0.25) is 0 Å². The molecule has 6 heteroatoms. The second kappa shape index (κ2) is 5.69. The molecule has 5 nitrogen and oxygen atoms in total. The molecule has 0 spiro atoms. The summed E-state index contributed by atoms with van der Waals surface area (Å²) in [5, 5.41) is 0.761. The molecule has 3 heterocycles. The highest BCUT2D eigenvalue weighted by Crippen LogP contribution is 2.31. The van der Waals surface area contributed by atoms with Crippen molar-refractivity contribution in [3.8, 4) is 0 Å². The fourth-order valence-electron chi connectivity index (χ4n) is 2.53. The van der Waals surface area contributed by atoms with E-state index in [-0.39, 0.29) is 18.1 Å². The number of nitrogens with zero attached hydrogens (tertiary/aromatic N) is 2. The number of hydrogen-bond donors (Lipinski definition) is 0. The van der Waals surface area contributed by atoms with Crippen molar-refractivity contribution in [2.75, 3.05) is 13.1 Å². The highest BCUT2D eigenvalue weighted by atomic mass is 32.2. The fourth-order valence-corrected chi connectivity index (χ4v) is 3.44. The molecule has 0 saturated carbocycles. The summed E-state index contributed by atoms with van der Waals surface area (Å²) in [6.45, 7) is 7.47. The summed E-state index contributed by atoms with van der Waals surface area (Å²) in [7, 11) is 0. The third kappa shape index (κ3) is 3.22. The van der Waals surface area contributed by atoms with Crippen LogP contribution in [0.25, 0.3) is 6.08 Å². The molecule has 0 N–H and O–H groups in total. The lowest BCUT2D eigenvalue weighted by Crippen LogP contribution is -2.47. The molecule has 2 atom stereocenters. The Balaban J connectivity index is 1.74. The predicted octanol–water partition coefficient (Wildman–Crippen LogP) is 2.67. The molecule has 1 amide bonds. The minimum Gasteiger partial charge on any atom is -0.462 e. The van der Waals surface area contributed by atoms with Gasteiger partial charge in [-0.3, -0.25) is 4.79 Å². The summed E-state index contributed by atoms with van der Waals surface area (Å²) in [5.74, 6) is 1.31. The standard InChI is InChI=1S/C15H18N2O3S/c1-9-4-5-12(20-9)6-13-14(18)16-15(21-13)17-7-10(2)19-11(3)8-17/h4-6,10-11H,7-8H2,1-3H3/b13-6-. The zero-order chi connectivity index (χ0) is 15.0. The number of thioether (sulfide) groups is 1. The molecule has 1 fully saturated rings. The molecule has 1 aromatic rings. The monoisotopic (exact) mass is 306 g/mol. The van der Waals surface area contributed by atoms with Gasteiger partial charge in [0.05, 0.1) is 17.1 Å². The molecule has 1 aromatic heterocycles. The van der Waals surface area contributed by atoms with Crippen molar-refractivity contribution in [2.45, 2.75) is 33.0 Å². The number of amides is 1. The van der Waals surface area contributed by atoms with Crippen LogP contribution in [0.15, 0.2) is 26.4 Å². The third-order valence-corrected chi connectivity index (χ3v) is 4.38. The number of morpholine rings is 1. The maximum atomic E-state index is 12.0. The van der Waals surface area contributed by atoms with Gasteiger partial charge in [-0.2, -0.15) is 4.99 Å². The van der Waals surface area contributed by atoms with Crippen LogP contribution in [0.5, 0.6) is 0 Å². The Kier molecular flexibility index (Phi) is 3.91. The molecule has 21 heavy (non-hydrogen) atoms. The first kappa shape index (κ1) is 14.4. The predicted molar refractivity (Wildman–Crippen MR) is 83.0 cm³/mol. The summed E-state index contributed by atoms with van der Waals surface area (Å²) in [6.07, 6.45) is 2.05. The van der Waals surface area contributed by atoms with Crippen LogP contribution in [0.1, 0.15) is 25.4 Å². The van der Waals surface area contributed by atoms with Gasteiger partial charge in [-0.15, -0.1) is 0 Å². The van der Waals surface area contributed by atoms with Gasteiger partial charge in [-0.1, -0.05) is 0 Å². The van der Waals surface area contributed by atoms with E-state index in [0.717, 1.165) is 24.0 Å². The minimum atomic E-state index is -0.198. The normalized spacial score (nSPS) is 28.3. The van der Waals surface area contributed by atoms with Crippen molar-refractivity contribution < 1.29 is 13.9 Å². The SMILES string of the molecule is Cc1ccc(/C=C2\SC(N3CC(C)OC(C)C3)=NC2=O)o1. The first-order valence-corrected chi connectivity index (χ1v) is 7.82. The van der Waals surface area contributed by atoms with Crippen LogP contribution in [0.4, 0.5) is 0 Å². The molecule has 0 bridgehead atoms. The molecular weight excluding hydrogens is 288 g/mol. The summed E-state index contributed by atoms with van der Waals surface area (Å²) in [6, 6.07) is 3.73. The number of ether oxygens (including phenoxy) is 1. The largest absolute Gasteiger partial charge is 0.462 e. The maximum Gasteiger partial charge on any atom is 0.286 e. The fraction of sp³-hybridized carbons (Fsp3) is 0.467. The highest BCUT2D eigenvalue weighted by Gasteiger charge is 2.31. The highest BCUT2D eigenvalue weighted by molar-refractivity contribution is 8.18.